The SMILES string of the molecule is FC(F)(F)c1ccccc1N1CCCC(Cl)C1. The summed E-state index contributed by atoms with van der Waals surface area (Å²) in [5.41, 5.74) is -0.337. The molecule has 2 rings (SSSR count). The van der Waals surface area contributed by atoms with Crippen LogP contribution in [0.2, 0.25) is 0 Å². The zero-order chi connectivity index (χ0) is 12.5. The molecule has 1 aliphatic rings. The molecule has 1 unspecified atom stereocenters. The van der Waals surface area contributed by atoms with Crippen molar-refractivity contribution in [2.45, 2.75) is 24.4 Å². The molecule has 94 valence electrons. The zero-order valence-electron chi connectivity index (χ0n) is 9.17. The highest BCUT2D eigenvalue weighted by Crippen LogP contribution is 2.37. The maximum absolute atomic E-state index is 12.8. The fourth-order valence-corrected chi connectivity index (χ4v) is 2.45. The lowest BCUT2D eigenvalue weighted by molar-refractivity contribution is -0.137. The average molecular weight is 264 g/mol. The van der Waals surface area contributed by atoms with Crippen molar-refractivity contribution in [1.29, 1.82) is 0 Å². The molecule has 1 fully saturated rings. The van der Waals surface area contributed by atoms with Crippen LogP contribution in [-0.2, 0) is 6.18 Å². The molecular weight excluding hydrogens is 251 g/mol. The third-order valence-electron chi connectivity index (χ3n) is 2.91. The fraction of sp³-hybridized carbons (Fsp3) is 0.500. The predicted molar refractivity (Wildman–Crippen MR) is 62.5 cm³/mol. The number of hydrogen-bond acceptors (Lipinski definition) is 1. The van der Waals surface area contributed by atoms with Crippen LogP contribution in [-0.4, -0.2) is 18.5 Å². The standard InChI is InChI=1S/C12H13ClF3N/c13-9-4-3-7-17(8-9)11-6-2-1-5-10(11)12(14,15)16/h1-2,5-6,9H,3-4,7-8H2. The predicted octanol–water partition coefficient (Wildman–Crippen LogP) is 3.91. The highest BCUT2D eigenvalue weighted by atomic mass is 35.5. The first kappa shape index (κ1) is 12.6. The summed E-state index contributed by atoms with van der Waals surface area (Å²) in [4.78, 5) is 1.73. The Morgan fingerprint density at radius 3 is 2.59 bits per heavy atom. The highest BCUT2D eigenvalue weighted by molar-refractivity contribution is 6.21. The summed E-state index contributed by atoms with van der Waals surface area (Å²) in [5, 5.41) is -0.0648. The number of alkyl halides is 4. The van der Waals surface area contributed by atoms with Crippen LogP contribution < -0.4 is 4.90 Å². The van der Waals surface area contributed by atoms with Crippen molar-refractivity contribution in [3.63, 3.8) is 0 Å². The minimum Gasteiger partial charge on any atom is -0.370 e. The van der Waals surface area contributed by atoms with Gasteiger partial charge in [0.2, 0.25) is 0 Å². The summed E-state index contributed by atoms with van der Waals surface area (Å²) < 4.78 is 38.5. The molecule has 0 bridgehead atoms. The lowest BCUT2D eigenvalue weighted by Gasteiger charge is -2.33. The topological polar surface area (TPSA) is 3.24 Å². The third kappa shape index (κ3) is 2.86. The molecule has 1 saturated heterocycles. The van der Waals surface area contributed by atoms with Crippen LogP contribution in [0.3, 0.4) is 0 Å². The van der Waals surface area contributed by atoms with Gasteiger partial charge in [0.1, 0.15) is 0 Å². The van der Waals surface area contributed by atoms with E-state index in [1.807, 2.05) is 0 Å². The molecule has 0 N–H and O–H groups in total. The van der Waals surface area contributed by atoms with Gasteiger partial charge in [-0.15, -0.1) is 11.6 Å². The van der Waals surface area contributed by atoms with Gasteiger partial charge in [0.05, 0.1) is 10.9 Å². The molecule has 0 spiro atoms. The van der Waals surface area contributed by atoms with Crippen molar-refractivity contribution < 1.29 is 13.2 Å². The van der Waals surface area contributed by atoms with Crippen LogP contribution >= 0.6 is 11.6 Å². The first-order valence-corrected chi connectivity index (χ1v) is 5.97. The van der Waals surface area contributed by atoms with Gasteiger partial charge in [-0.3, -0.25) is 0 Å². The van der Waals surface area contributed by atoms with E-state index in [4.69, 9.17) is 11.6 Å². The van der Waals surface area contributed by atoms with E-state index in [9.17, 15) is 13.2 Å². The molecule has 0 saturated carbocycles. The number of halogens is 4. The molecule has 0 radical (unpaired) electrons. The number of nitrogens with zero attached hydrogens (tertiary/aromatic N) is 1. The van der Waals surface area contributed by atoms with Crippen molar-refractivity contribution in [2.75, 3.05) is 18.0 Å². The Hall–Kier alpha value is -0.900. The van der Waals surface area contributed by atoms with Gasteiger partial charge in [0.25, 0.3) is 0 Å². The van der Waals surface area contributed by atoms with E-state index in [0.29, 0.717) is 13.1 Å². The zero-order valence-corrected chi connectivity index (χ0v) is 9.93. The van der Waals surface area contributed by atoms with Gasteiger partial charge >= 0.3 is 6.18 Å². The fourth-order valence-electron chi connectivity index (χ4n) is 2.13. The van der Waals surface area contributed by atoms with E-state index in [0.717, 1.165) is 18.9 Å². The van der Waals surface area contributed by atoms with E-state index in [2.05, 4.69) is 0 Å². The average Bonchev–Trinajstić information content (AvgIpc) is 2.28. The van der Waals surface area contributed by atoms with Crippen LogP contribution in [0.1, 0.15) is 18.4 Å². The molecule has 5 heteroatoms. The van der Waals surface area contributed by atoms with Gasteiger partial charge in [-0.05, 0) is 25.0 Å². The molecule has 1 aromatic rings. The summed E-state index contributed by atoms with van der Waals surface area (Å²) in [5.74, 6) is 0. The maximum Gasteiger partial charge on any atom is 0.418 e. The molecule has 1 aromatic carbocycles. The molecule has 1 aliphatic heterocycles. The number of piperidine rings is 1. The minimum atomic E-state index is -4.31. The van der Waals surface area contributed by atoms with Crippen molar-refractivity contribution in [3.8, 4) is 0 Å². The monoisotopic (exact) mass is 263 g/mol. The van der Waals surface area contributed by atoms with Crippen LogP contribution in [0.4, 0.5) is 18.9 Å². The molecular formula is C12H13ClF3N. The smallest absolute Gasteiger partial charge is 0.370 e. The van der Waals surface area contributed by atoms with E-state index < -0.39 is 11.7 Å². The quantitative estimate of drug-likeness (QED) is 0.695. The summed E-state index contributed by atoms with van der Waals surface area (Å²) in [6.45, 7) is 1.12. The Morgan fingerprint density at radius 2 is 1.94 bits per heavy atom. The van der Waals surface area contributed by atoms with E-state index in [1.165, 1.54) is 12.1 Å². The maximum atomic E-state index is 12.8. The van der Waals surface area contributed by atoms with Crippen molar-refractivity contribution in [2.24, 2.45) is 0 Å². The second kappa shape index (κ2) is 4.77. The largest absolute Gasteiger partial charge is 0.418 e. The molecule has 0 amide bonds. The second-order valence-corrected chi connectivity index (χ2v) is 4.82. The van der Waals surface area contributed by atoms with Gasteiger partial charge in [-0.1, -0.05) is 12.1 Å². The lowest BCUT2D eigenvalue weighted by Crippen LogP contribution is -2.37. The Kier molecular flexibility index (Phi) is 3.52. The second-order valence-electron chi connectivity index (χ2n) is 4.20. The van der Waals surface area contributed by atoms with Crippen molar-refractivity contribution in [1.82, 2.24) is 0 Å². The van der Waals surface area contributed by atoms with Crippen LogP contribution in [0.25, 0.3) is 0 Å². The van der Waals surface area contributed by atoms with Crippen molar-refractivity contribution >= 4 is 17.3 Å². The normalized spacial score (nSPS) is 21.6. The van der Waals surface area contributed by atoms with Crippen molar-refractivity contribution in [3.05, 3.63) is 29.8 Å². The van der Waals surface area contributed by atoms with Crippen LogP contribution in [0, 0.1) is 0 Å². The molecule has 1 nitrogen and oxygen atoms in total. The van der Waals surface area contributed by atoms with Gasteiger partial charge in [0, 0.05) is 18.8 Å². The van der Waals surface area contributed by atoms with E-state index in [-0.39, 0.29) is 11.1 Å². The summed E-state index contributed by atoms with van der Waals surface area (Å²) >= 11 is 6.00. The number of hydrogen-bond donors (Lipinski definition) is 0. The first-order chi connectivity index (χ1) is 7.98. The van der Waals surface area contributed by atoms with Gasteiger partial charge in [-0.2, -0.15) is 13.2 Å². The Bertz CT molecular complexity index is 392. The number of anilines is 1. The van der Waals surface area contributed by atoms with Crippen LogP contribution in [0.5, 0.6) is 0 Å². The lowest BCUT2D eigenvalue weighted by atomic mass is 10.1. The van der Waals surface area contributed by atoms with Gasteiger partial charge in [-0.25, -0.2) is 0 Å². The molecule has 0 aliphatic carbocycles. The number of para-hydroxylation sites is 1. The Balaban J connectivity index is 2.31. The Morgan fingerprint density at radius 1 is 1.24 bits per heavy atom. The van der Waals surface area contributed by atoms with Gasteiger partial charge in [0.15, 0.2) is 0 Å². The highest BCUT2D eigenvalue weighted by Gasteiger charge is 2.35. The van der Waals surface area contributed by atoms with E-state index >= 15 is 0 Å². The van der Waals surface area contributed by atoms with Gasteiger partial charge < -0.3 is 4.90 Å². The number of rotatable bonds is 1. The molecule has 1 atom stereocenters. The summed E-state index contributed by atoms with van der Waals surface area (Å²) in [6.07, 6.45) is -2.61. The number of benzene rings is 1. The Labute approximate surface area is 103 Å². The van der Waals surface area contributed by atoms with Crippen LogP contribution in [0.15, 0.2) is 24.3 Å². The first-order valence-electron chi connectivity index (χ1n) is 5.54. The molecule has 17 heavy (non-hydrogen) atoms. The summed E-state index contributed by atoms with van der Waals surface area (Å²) in [7, 11) is 0. The minimum absolute atomic E-state index is 0.0648. The van der Waals surface area contributed by atoms with E-state index in [1.54, 1.807) is 11.0 Å². The molecule has 0 aromatic heterocycles. The third-order valence-corrected chi connectivity index (χ3v) is 3.27. The molecule has 1 heterocycles. The summed E-state index contributed by atoms with van der Waals surface area (Å²) in [6, 6.07) is 5.67.